The van der Waals surface area contributed by atoms with Crippen LogP contribution in [0.15, 0.2) is 48.5 Å². The van der Waals surface area contributed by atoms with E-state index in [9.17, 15) is 9.59 Å². The lowest BCUT2D eigenvalue weighted by Crippen LogP contribution is -2.87. The van der Waals surface area contributed by atoms with Gasteiger partial charge >= 0.3 is 0 Å². The Morgan fingerprint density at radius 2 is 2.03 bits per heavy atom. The highest BCUT2D eigenvalue weighted by Gasteiger charge is 2.25. The molecule has 1 fully saturated rings. The van der Waals surface area contributed by atoms with Crippen LogP contribution in [0.25, 0.3) is 0 Å². The molecule has 2 amide bonds. The molecule has 1 aliphatic heterocycles. The lowest BCUT2D eigenvalue weighted by atomic mass is 10.1. The summed E-state index contributed by atoms with van der Waals surface area (Å²) in [4.78, 5) is 26.8. The third-order valence-electron chi connectivity index (χ3n) is 5.26. The highest BCUT2D eigenvalue weighted by Crippen LogP contribution is 2.26. The van der Waals surface area contributed by atoms with Crippen molar-refractivity contribution in [3.05, 3.63) is 59.7 Å². The zero-order chi connectivity index (χ0) is 20.6. The molecule has 3 rings (SSSR count). The number of nitrogens with one attached hydrogen (secondary N) is 1. The number of rotatable bonds is 9. The molecular weight excluding hydrogens is 366 g/mol. The normalized spacial score (nSPS) is 14.7. The van der Waals surface area contributed by atoms with Gasteiger partial charge in [0, 0.05) is 31.5 Å². The Labute approximate surface area is 172 Å². The van der Waals surface area contributed by atoms with Crippen LogP contribution in [-0.2, 0) is 9.59 Å². The SMILES string of the molecule is COc1ccc(C)cc1NC(=O)[C@H]([NH2+]CCCN1CCCC1=O)c1ccccc1. The van der Waals surface area contributed by atoms with Gasteiger partial charge in [-0.25, -0.2) is 0 Å². The number of benzene rings is 2. The smallest absolute Gasteiger partial charge is 0.287 e. The Morgan fingerprint density at radius 3 is 2.72 bits per heavy atom. The van der Waals surface area contributed by atoms with Gasteiger partial charge in [-0.3, -0.25) is 9.59 Å². The maximum absolute atomic E-state index is 13.1. The van der Waals surface area contributed by atoms with Gasteiger partial charge in [-0.05, 0) is 31.0 Å². The molecule has 0 saturated carbocycles. The lowest BCUT2D eigenvalue weighted by Gasteiger charge is -2.19. The molecule has 0 aliphatic carbocycles. The molecule has 6 heteroatoms. The van der Waals surface area contributed by atoms with Crippen molar-refractivity contribution in [3.63, 3.8) is 0 Å². The summed E-state index contributed by atoms with van der Waals surface area (Å²) in [5.74, 6) is 0.801. The number of methoxy groups -OCH3 is 1. The molecule has 0 aromatic heterocycles. The Hall–Kier alpha value is -2.86. The minimum absolute atomic E-state index is 0.0858. The van der Waals surface area contributed by atoms with Crippen molar-refractivity contribution in [2.75, 3.05) is 32.1 Å². The van der Waals surface area contributed by atoms with Gasteiger partial charge in [0.25, 0.3) is 5.91 Å². The molecule has 0 bridgehead atoms. The first-order chi connectivity index (χ1) is 14.1. The summed E-state index contributed by atoms with van der Waals surface area (Å²) in [6.07, 6.45) is 2.48. The Morgan fingerprint density at radius 1 is 1.24 bits per heavy atom. The topological polar surface area (TPSA) is 75.2 Å². The summed E-state index contributed by atoms with van der Waals surface area (Å²) in [7, 11) is 1.60. The van der Waals surface area contributed by atoms with Crippen LogP contribution in [0, 0.1) is 6.92 Å². The Bertz CT molecular complexity index is 839. The summed E-state index contributed by atoms with van der Waals surface area (Å²) in [5, 5.41) is 5.08. The van der Waals surface area contributed by atoms with Crippen molar-refractivity contribution in [2.45, 2.75) is 32.2 Å². The van der Waals surface area contributed by atoms with Crippen molar-refractivity contribution in [1.82, 2.24) is 4.90 Å². The van der Waals surface area contributed by atoms with E-state index in [4.69, 9.17) is 4.74 Å². The van der Waals surface area contributed by atoms with Crippen LogP contribution in [0.4, 0.5) is 5.69 Å². The average Bonchev–Trinajstić information content (AvgIpc) is 3.13. The molecule has 2 aromatic rings. The van der Waals surface area contributed by atoms with Gasteiger partial charge in [0.05, 0.1) is 19.3 Å². The van der Waals surface area contributed by atoms with E-state index in [-0.39, 0.29) is 17.9 Å². The second kappa shape index (κ2) is 10.1. The Balaban J connectivity index is 1.66. The number of quaternary nitrogens is 1. The monoisotopic (exact) mass is 396 g/mol. The number of hydrogen-bond donors (Lipinski definition) is 2. The summed E-state index contributed by atoms with van der Waals surface area (Å²) in [6, 6.07) is 15.1. The molecule has 1 saturated heterocycles. The molecule has 2 aromatic carbocycles. The largest absolute Gasteiger partial charge is 0.495 e. The first-order valence-electron chi connectivity index (χ1n) is 10.2. The standard InChI is InChI=1S/C23H29N3O3/c1-17-11-12-20(29-2)19(16-17)25-23(28)22(18-8-4-3-5-9-18)24-13-7-15-26-14-6-10-21(26)27/h3-5,8-9,11-12,16,22,24H,6-7,10,13-15H2,1-2H3,(H,25,28)/p+1/t22-/m1/s1. The quantitative estimate of drug-likeness (QED) is 0.639. The van der Waals surface area contributed by atoms with Gasteiger partial charge in [0.15, 0.2) is 6.04 Å². The minimum Gasteiger partial charge on any atom is -0.495 e. The fourth-order valence-electron chi connectivity index (χ4n) is 3.69. The maximum Gasteiger partial charge on any atom is 0.287 e. The minimum atomic E-state index is -0.365. The molecular formula is C23H30N3O3+. The molecule has 154 valence electrons. The zero-order valence-electron chi connectivity index (χ0n) is 17.2. The summed E-state index contributed by atoms with van der Waals surface area (Å²) < 4.78 is 5.39. The number of amides is 2. The van der Waals surface area contributed by atoms with E-state index in [0.29, 0.717) is 17.9 Å². The van der Waals surface area contributed by atoms with Crippen LogP contribution in [0.1, 0.15) is 36.4 Å². The third kappa shape index (κ3) is 5.57. The number of likely N-dealkylation sites (tertiary alicyclic amines) is 1. The fourth-order valence-corrected chi connectivity index (χ4v) is 3.69. The number of carbonyl (C=O) groups excluding carboxylic acids is 2. The first kappa shape index (κ1) is 20.9. The number of hydrogen-bond acceptors (Lipinski definition) is 3. The summed E-state index contributed by atoms with van der Waals surface area (Å²) in [5.41, 5.74) is 2.68. The number of ether oxygens (including phenoxy) is 1. The molecule has 3 N–H and O–H groups in total. The summed E-state index contributed by atoms with van der Waals surface area (Å²) >= 11 is 0. The van der Waals surface area contributed by atoms with E-state index < -0.39 is 0 Å². The van der Waals surface area contributed by atoms with Gasteiger partial charge in [0.1, 0.15) is 5.75 Å². The van der Waals surface area contributed by atoms with Crippen molar-refractivity contribution in [3.8, 4) is 5.75 Å². The maximum atomic E-state index is 13.1. The van der Waals surface area contributed by atoms with Crippen molar-refractivity contribution in [2.24, 2.45) is 0 Å². The van der Waals surface area contributed by atoms with Crippen LogP contribution >= 0.6 is 0 Å². The molecule has 1 aliphatic rings. The summed E-state index contributed by atoms with van der Waals surface area (Å²) in [6.45, 7) is 4.36. The molecule has 0 radical (unpaired) electrons. The Kier molecular flexibility index (Phi) is 7.25. The average molecular weight is 397 g/mol. The molecule has 0 unspecified atom stereocenters. The highest BCUT2D eigenvalue weighted by molar-refractivity contribution is 5.95. The van der Waals surface area contributed by atoms with Crippen LogP contribution in [0.5, 0.6) is 5.75 Å². The van der Waals surface area contributed by atoms with Crippen LogP contribution in [0.3, 0.4) is 0 Å². The van der Waals surface area contributed by atoms with E-state index in [2.05, 4.69) is 5.32 Å². The van der Waals surface area contributed by atoms with E-state index >= 15 is 0 Å². The lowest BCUT2D eigenvalue weighted by molar-refractivity contribution is -0.682. The number of anilines is 1. The predicted molar refractivity (Wildman–Crippen MR) is 113 cm³/mol. The highest BCUT2D eigenvalue weighted by atomic mass is 16.5. The van der Waals surface area contributed by atoms with E-state index in [1.54, 1.807) is 7.11 Å². The number of aryl methyl sites for hydroxylation is 1. The molecule has 1 atom stereocenters. The van der Waals surface area contributed by atoms with Crippen molar-refractivity contribution < 1.29 is 19.6 Å². The fraction of sp³-hybridized carbons (Fsp3) is 0.391. The van der Waals surface area contributed by atoms with Crippen molar-refractivity contribution >= 4 is 17.5 Å². The van der Waals surface area contributed by atoms with Gasteiger partial charge < -0.3 is 20.3 Å². The van der Waals surface area contributed by atoms with Crippen molar-refractivity contribution in [1.29, 1.82) is 0 Å². The second-order valence-corrected chi connectivity index (χ2v) is 7.44. The predicted octanol–water partition coefficient (Wildman–Crippen LogP) is 2.26. The van der Waals surface area contributed by atoms with E-state index in [1.165, 1.54) is 0 Å². The number of nitrogens with two attached hydrogens (primary N) is 1. The van der Waals surface area contributed by atoms with Gasteiger partial charge in [0.2, 0.25) is 5.91 Å². The van der Waals surface area contributed by atoms with E-state index in [0.717, 1.165) is 43.6 Å². The van der Waals surface area contributed by atoms with Crippen LogP contribution < -0.4 is 15.4 Å². The van der Waals surface area contributed by atoms with Gasteiger partial charge in [-0.2, -0.15) is 0 Å². The molecule has 0 spiro atoms. The second-order valence-electron chi connectivity index (χ2n) is 7.44. The van der Waals surface area contributed by atoms with Crippen LogP contribution in [-0.4, -0.2) is 43.5 Å². The van der Waals surface area contributed by atoms with Gasteiger partial charge in [-0.1, -0.05) is 36.4 Å². The van der Waals surface area contributed by atoms with Crippen LogP contribution in [0.2, 0.25) is 0 Å². The third-order valence-corrected chi connectivity index (χ3v) is 5.26. The first-order valence-corrected chi connectivity index (χ1v) is 10.2. The molecule has 1 heterocycles. The zero-order valence-corrected chi connectivity index (χ0v) is 17.2. The molecule has 29 heavy (non-hydrogen) atoms. The molecule has 6 nitrogen and oxygen atoms in total. The van der Waals surface area contributed by atoms with E-state index in [1.807, 2.05) is 65.7 Å². The van der Waals surface area contributed by atoms with Gasteiger partial charge in [-0.15, -0.1) is 0 Å². The number of carbonyl (C=O) groups is 2. The number of nitrogens with zero attached hydrogens (tertiary/aromatic N) is 1.